The third-order valence-corrected chi connectivity index (χ3v) is 2.28. The van der Waals surface area contributed by atoms with E-state index in [2.05, 4.69) is 4.98 Å². The van der Waals surface area contributed by atoms with E-state index < -0.39 is 0 Å². The number of hydrogen-bond donors (Lipinski definition) is 0. The van der Waals surface area contributed by atoms with E-state index in [9.17, 15) is 4.79 Å². The molecule has 0 N–H and O–H groups in total. The van der Waals surface area contributed by atoms with Crippen LogP contribution in [-0.2, 0) is 6.42 Å². The van der Waals surface area contributed by atoms with Gasteiger partial charge >= 0.3 is 0 Å². The van der Waals surface area contributed by atoms with Crippen LogP contribution >= 0.6 is 0 Å². The molecular weight excluding hydrogens is 192 g/mol. The molecule has 0 aliphatic heterocycles. The van der Waals surface area contributed by atoms with Gasteiger partial charge < -0.3 is 4.74 Å². The Morgan fingerprint density at radius 2 is 2.27 bits per heavy atom. The van der Waals surface area contributed by atoms with Crippen molar-refractivity contribution in [3.05, 3.63) is 40.4 Å². The Bertz CT molecular complexity index is 546. The van der Waals surface area contributed by atoms with Crippen molar-refractivity contribution in [2.24, 2.45) is 0 Å². The highest BCUT2D eigenvalue weighted by atomic mass is 16.5. The Morgan fingerprint density at radius 1 is 1.47 bits per heavy atom. The van der Waals surface area contributed by atoms with E-state index in [4.69, 9.17) is 4.74 Å². The second-order valence-electron chi connectivity index (χ2n) is 3.24. The lowest BCUT2D eigenvalue weighted by molar-refractivity contribution is 0.412. The van der Waals surface area contributed by atoms with Crippen molar-refractivity contribution < 1.29 is 4.74 Å². The zero-order chi connectivity index (χ0) is 10.8. The van der Waals surface area contributed by atoms with Gasteiger partial charge in [0.15, 0.2) is 0 Å². The monoisotopic (exact) mass is 204 g/mol. The molecule has 0 aliphatic rings. The summed E-state index contributed by atoms with van der Waals surface area (Å²) in [5.74, 6) is 0.649. The van der Waals surface area contributed by atoms with Gasteiger partial charge in [-0.1, -0.05) is 6.92 Å². The first kappa shape index (κ1) is 9.71. The molecule has 4 nitrogen and oxygen atoms in total. The number of fused-ring (bicyclic) bond motifs is 1. The maximum atomic E-state index is 11.7. The summed E-state index contributed by atoms with van der Waals surface area (Å²) in [7, 11) is 1.57. The first-order valence-electron chi connectivity index (χ1n) is 4.81. The molecule has 0 radical (unpaired) electrons. The molecule has 0 fully saturated rings. The highest BCUT2D eigenvalue weighted by Gasteiger charge is 2.01. The summed E-state index contributed by atoms with van der Waals surface area (Å²) in [5.41, 5.74) is 1.39. The highest BCUT2D eigenvalue weighted by molar-refractivity contribution is 5.41. The summed E-state index contributed by atoms with van der Waals surface area (Å²) >= 11 is 0. The molecule has 2 aromatic rings. The summed E-state index contributed by atoms with van der Waals surface area (Å²) in [5, 5.41) is 0. The van der Waals surface area contributed by atoms with Gasteiger partial charge in [-0.15, -0.1) is 0 Å². The third kappa shape index (κ3) is 1.70. The van der Waals surface area contributed by atoms with Gasteiger partial charge in [0.05, 0.1) is 13.3 Å². The maximum Gasteiger partial charge on any atom is 0.258 e. The fraction of sp³-hybridized carbons (Fsp3) is 0.273. The van der Waals surface area contributed by atoms with Crippen molar-refractivity contribution in [1.29, 1.82) is 0 Å². The average Bonchev–Trinajstić information content (AvgIpc) is 2.28. The minimum absolute atomic E-state index is 0.0734. The molecule has 0 aliphatic carbocycles. The van der Waals surface area contributed by atoms with E-state index >= 15 is 0 Å². The number of hydrogen-bond acceptors (Lipinski definition) is 3. The van der Waals surface area contributed by atoms with E-state index in [1.807, 2.05) is 6.92 Å². The van der Waals surface area contributed by atoms with E-state index in [-0.39, 0.29) is 5.56 Å². The molecule has 0 amide bonds. The molecule has 2 heterocycles. The van der Waals surface area contributed by atoms with Crippen LogP contribution in [0, 0.1) is 0 Å². The smallest absolute Gasteiger partial charge is 0.258 e. The molecule has 78 valence electrons. The van der Waals surface area contributed by atoms with Crippen LogP contribution in [0.15, 0.2) is 29.2 Å². The van der Waals surface area contributed by atoms with Gasteiger partial charge in [-0.05, 0) is 18.6 Å². The number of methoxy groups -OCH3 is 1. The number of aryl methyl sites for hydroxylation is 1. The molecule has 0 aromatic carbocycles. The second-order valence-corrected chi connectivity index (χ2v) is 3.24. The molecule has 0 spiro atoms. The van der Waals surface area contributed by atoms with E-state index in [1.54, 1.807) is 31.5 Å². The minimum Gasteiger partial charge on any atom is -0.495 e. The Balaban J connectivity index is 2.74. The van der Waals surface area contributed by atoms with Gasteiger partial charge in [0.25, 0.3) is 5.56 Å². The Hall–Kier alpha value is -1.84. The highest BCUT2D eigenvalue weighted by Crippen LogP contribution is 2.09. The topological polar surface area (TPSA) is 43.6 Å². The van der Waals surface area contributed by atoms with Crippen molar-refractivity contribution in [2.75, 3.05) is 7.11 Å². The van der Waals surface area contributed by atoms with Gasteiger partial charge in [0, 0.05) is 11.8 Å². The Labute approximate surface area is 87.1 Å². The molecule has 2 aromatic heterocycles. The van der Waals surface area contributed by atoms with Crippen molar-refractivity contribution in [3.8, 4) is 5.75 Å². The molecule has 0 bridgehead atoms. The second kappa shape index (κ2) is 3.73. The predicted octanol–water partition coefficient (Wildman–Crippen LogP) is 1.27. The lowest BCUT2D eigenvalue weighted by atomic mass is 10.3. The van der Waals surface area contributed by atoms with Gasteiger partial charge in [0.2, 0.25) is 0 Å². The lowest BCUT2D eigenvalue weighted by Gasteiger charge is -2.04. The number of pyridine rings is 1. The molecule has 0 atom stereocenters. The molecular formula is C11H12N2O2. The SMILES string of the molecule is CCc1cc(=O)n2cc(OC)ccc2n1. The van der Waals surface area contributed by atoms with Gasteiger partial charge in [-0.25, -0.2) is 4.98 Å². The zero-order valence-electron chi connectivity index (χ0n) is 8.73. The van der Waals surface area contributed by atoms with Crippen molar-refractivity contribution >= 4 is 5.65 Å². The molecule has 0 saturated heterocycles. The zero-order valence-corrected chi connectivity index (χ0v) is 8.73. The van der Waals surface area contributed by atoms with E-state index in [0.717, 1.165) is 12.1 Å². The number of nitrogens with zero attached hydrogens (tertiary/aromatic N) is 2. The largest absolute Gasteiger partial charge is 0.495 e. The minimum atomic E-state index is -0.0734. The molecule has 15 heavy (non-hydrogen) atoms. The van der Waals surface area contributed by atoms with Crippen LogP contribution in [0.25, 0.3) is 5.65 Å². The molecule has 2 rings (SSSR count). The first-order chi connectivity index (χ1) is 7.24. The summed E-state index contributed by atoms with van der Waals surface area (Å²) in [6.45, 7) is 1.97. The standard InChI is InChI=1S/C11H12N2O2/c1-3-8-6-11(14)13-7-9(15-2)4-5-10(13)12-8/h4-7H,3H2,1-2H3. The van der Waals surface area contributed by atoms with E-state index in [1.165, 1.54) is 4.40 Å². The van der Waals surface area contributed by atoms with Crippen LogP contribution in [0.3, 0.4) is 0 Å². The van der Waals surface area contributed by atoms with Crippen LogP contribution in [-0.4, -0.2) is 16.5 Å². The number of ether oxygens (including phenoxy) is 1. The summed E-state index contributed by atoms with van der Waals surface area (Å²) in [6.07, 6.45) is 2.40. The predicted molar refractivity (Wildman–Crippen MR) is 57.4 cm³/mol. The Morgan fingerprint density at radius 3 is 2.93 bits per heavy atom. The number of aromatic nitrogens is 2. The Kier molecular flexibility index (Phi) is 2.41. The normalized spacial score (nSPS) is 10.5. The lowest BCUT2D eigenvalue weighted by Crippen LogP contribution is -2.15. The number of rotatable bonds is 2. The van der Waals surface area contributed by atoms with Crippen LogP contribution < -0.4 is 10.3 Å². The van der Waals surface area contributed by atoms with Gasteiger partial charge in [-0.2, -0.15) is 0 Å². The van der Waals surface area contributed by atoms with Crippen molar-refractivity contribution in [3.63, 3.8) is 0 Å². The summed E-state index contributed by atoms with van der Waals surface area (Å²) < 4.78 is 6.53. The fourth-order valence-corrected chi connectivity index (χ4v) is 1.43. The van der Waals surface area contributed by atoms with Crippen LogP contribution in [0.5, 0.6) is 5.75 Å². The van der Waals surface area contributed by atoms with Crippen LogP contribution in [0.2, 0.25) is 0 Å². The molecule has 4 heteroatoms. The van der Waals surface area contributed by atoms with Crippen LogP contribution in [0.1, 0.15) is 12.6 Å². The van der Waals surface area contributed by atoms with Gasteiger partial charge in [0.1, 0.15) is 11.4 Å². The molecule has 0 unspecified atom stereocenters. The maximum absolute atomic E-state index is 11.7. The average molecular weight is 204 g/mol. The molecule has 0 saturated carbocycles. The van der Waals surface area contributed by atoms with Gasteiger partial charge in [-0.3, -0.25) is 9.20 Å². The third-order valence-electron chi connectivity index (χ3n) is 2.28. The summed E-state index contributed by atoms with van der Waals surface area (Å²) in [4.78, 5) is 16.0. The first-order valence-corrected chi connectivity index (χ1v) is 4.81. The quantitative estimate of drug-likeness (QED) is 0.739. The van der Waals surface area contributed by atoms with E-state index in [0.29, 0.717) is 11.4 Å². The van der Waals surface area contributed by atoms with Crippen molar-refractivity contribution in [2.45, 2.75) is 13.3 Å². The summed E-state index contributed by atoms with van der Waals surface area (Å²) in [6, 6.07) is 5.12. The van der Waals surface area contributed by atoms with Crippen molar-refractivity contribution in [1.82, 2.24) is 9.38 Å². The van der Waals surface area contributed by atoms with Crippen LogP contribution in [0.4, 0.5) is 0 Å². The fourth-order valence-electron chi connectivity index (χ4n) is 1.43.